The van der Waals surface area contributed by atoms with Crippen molar-refractivity contribution < 1.29 is 9.90 Å². The lowest BCUT2D eigenvalue weighted by atomic mass is 10.1. The van der Waals surface area contributed by atoms with Gasteiger partial charge < -0.3 is 5.11 Å². The van der Waals surface area contributed by atoms with Gasteiger partial charge in [-0.3, -0.25) is 14.3 Å². The number of pyridine rings is 1. The van der Waals surface area contributed by atoms with Crippen molar-refractivity contribution in [3.8, 4) is 0 Å². The minimum atomic E-state index is -1.21. The van der Waals surface area contributed by atoms with Crippen LogP contribution in [0, 0.1) is 0 Å². The minimum Gasteiger partial charge on any atom is -0.478 e. The number of aryl methyl sites for hydroxylation is 2. The molecule has 0 radical (unpaired) electrons. The van der Waals surface area contributed by atoms with Gasteiger partial charge in [0.2, 0.25) is 0 Å². The normalized spacial score (nSPS) is 11.0. The number of hydrogen-bond donors (Lipinski definition) is 2. The van der Waals surface area contributed by atoms with Crippen LogP contribution in [0.5, 0.6) is 0 Å². The molecule has 0 fully saturated rings. The fourth-order valence-corrected chi connectivity index (χ4v) is 2.20. The van der Waals surface area contributed by atoms with Crippen LogP contribution in [0.2, 0.25) is 0 Å². The Morgan fingerprint density at radius 1 is 1.38 bits per heavy atom. The van der Waals surface area contributed by atoms with Gasteiger partial charge in [-0.05, 0) is 18.9 Å². The molecule has 0 unspecified atom stereocenters. The van der Waals surface area contributed by atoms with Gasteiger partial charge in [-0.2, -0.15) is 0 Å². The third-order valence-corrected chi connectivity index (χ3v) is 3.33. The lowest BCUT2D eigenvalue weighted by Gasteiger charge is -2.11. The van der Waals surface area contributed by atoms with Crippen molar-refractivity contribution in [2.24, 2.45) is 0 Å². The minimum absolute atomic E-state index is 0.0459. The van der Waals surface area contributed by atoms with Crippen molar-refractivity contribution in [2.75, 3.05) is 0 Å². The smallest absolute Gasteiger partial charge is 0.336 e. The first-order valence-electron chi connectivity index (χ1n) is 6.89. The first kappa shape index (κ1) is 15.0. The van der Waals surface area contributed by atoms with Crippen LogP contribution in [0.4, 0.5) is 0 Å². The van der Waals surface area contributed by atoms with Crippen molar-refractivity contribution in [1.29, 1.82) is 0 Å². The molecule has 0 aromatic carbocycles. The van der Waals surface area contributed by atoms with Crippen LogP contribution in [0.15, 0.2) is 15.7 Å². The Hall–Kier alpha value is -2.44. The van der Waals surface area contributed by atoms with E-state index >= 15 is 0 Å². The molecule has 2 aromatic rings. The van der Waals surface area contributed by atoms with Gasteiger partial charge in [-0.1, -0.05) is 20.3 Å². The average molecular weight is 291 g/mol. The molecule has 7 heteroatoms. The first-order chi connectivity index (χ1) is 9.99. The Kier molecular flexibility index (Phi) is 4.21. The molecule has 0 atom stereocenters. The monoisotopic (exact) mass is 291 g/mol. The summed E-state index contributed by atoms with van der Waals surface area (Å²) in [5.41, 5.74) is -0.708. The van der Waals surface area contributed by atoms with E-state index in [4.69, 9.17) is 0 Å². The molecule has 2 aromatic heterocycles. The average Bonchev–Trinajstić information content (AvgIpc) is 2.45. The summed E-state index contributed by atoms with van der Waals surface area (Å²) in [6, 6.07) is 1.38. The second-order valence-electron chi connectivity index (χ2n) is 4.78. The van der Waals surface area contributed by atoms with E-state index in [1.54, 1.807) is 0 Å². The van der Waals surface area contributed by atoms with E-state index in [-0.39, 0.29) is 16.6 Å². The number of nitrogens with zero attached hydrogens (tertiary/aromatic N) is 2. The number of carbonyl (C=O) groups is 1. The number of aromatic amines is 1. The van der Waals surface area contributed by atoms with Gasteiger partial charge in [0, 0.05) is 12.2 Å². The van der Waals surface area contributed by atoms with E-state index in [0.29, 0.717) is 18.7 Å². The third-order valence-electron chi connectivity index (χ3n) is 3.33. The van der Waals surface area contributed by atoms with Crippen LogP contribution < -0.4 is 11.2 Å². The maximum atomic E-state index is 12.0. The van der Waals surface area contributed by atoms with E-state index < -0.39 is 17.2 Å². The summed E-state index contributed by atoms with van der Waals surface area (Å²) in [6.07, 6.45) is 2.12. The molecule has 7 nitrogen and oxygen atoms in total. The molecule has 112 valence electrons. The number of carboxylic acid groups (broad SMARTS) is 1. The van der Waals surface area contributed by atoms with Gasteiger partial charge in [-0.25, -0.2) is 14.6 Å². The zero-order chi connectivity index (χ0) is 15.6. The molecule has 0 saturated heterocycles. The van der Waals surface area contributed by atoms with Crippen molar-refractivity contribution in [2.45, 2.75) is 39.7 Å². The summed E-state index contributed by atoms with van der Waals surface area (Å²) in [6.45, 7) is 4.20. The quantitative estimate of drug-likeness (QED) is 0.859. The number of fused-ring (bicyclic) bond motifs is 1. The molecule has 0 spiro atoms. The second-order valence-corrected chi connectivity index (χ2v) is 4.78. The predicted octanol–water partition coefficient (Wildman–Crippen LogP) is 1.15. The van der Waals surface area contributed by atoms with Crippen molar-refractivity contribution in [3.05, 3.63) is 38.2 Å². The number of H-pyrrole nitrogens is 1. The molecule has 0 aliphatic rings. The number of carboxylic acids is 1. The highest BCUT2D eigenvalue weighted by Gasteiger charge is 2.18. The van der Waals surface area contributed by atoms with Gasteiger partial charge in [0.1, 0.15) is 0 Å². The highest BCUT2D eigenvalue weighted by atomic mass is 16.4. The molecule has 0 aliphatic carbocycles. The highest BCUT2D eigenvalue weighted by molar-refractivity contribution is 6.01. The molecule has 0 amide bonds. The van der Waals surface area contributed by atoms with E-state index in [1.807, 2.05) is 13.8 Å². The molecule has 21 heavy (non-hydrogen) atoms. The Morgan fingerprint density at radius 2 is 2.10 bits per heavy atom. The zero-order valence-electron chi connectivity index (χ0n) is 12.0. The van der Waals surface area contributed by atoms with E-state index in [9.17, 15) is 19.5 Å². The maximum absolute atomic E-state index is 12.0. The van der Waals surface area contributed by atoms with Crippen LogP contribution in [0.1, 0.15) is 42.7 Å². The van der Waals surface area contributed by atoms with Crippen molar-refractivity contribution in [3.63, 3.8) is 0 Å². The molecular weight excluding hydrogens is 274 g/mol. The number of aromatic nitrogens is 3. The van der Waals surface area contributed by atoms with E-state index in [2.05, 4.69) is 9.97 Å². The molecule has 0 aliphatic heterocycles. The predicted molar refractivity (Wildman–Crippen MR) is 77.9 cm³/mol. The summed E-state index contributed by atoms with van der Waals surface area (Å²) in [7, 11) is 0. The summed E-state index contributed by atoms with van der Waals surface area (Å²) in [5.74, 6) is -1.21. The summed E-state index contributed by atoms with van der Waals surface area (Å²) < 4.78 is 1.34. The third kappa shape index (κ3) is 2.72. The van der Waals surface area contributed by atoms with Crippen LogP contribution in [-0.2, 0) is 13.0 Å². The van der Waals surface area contributed by atoms with Crippen molar-refractivity contribution >= 4 is 17.0 Å². The molecule has 2 heterocycles. The van der Waals surface area contributed by atoms with E-state index in [0.717, 1.165) is 12.8 Å². The topological polar surface area (TPSA) is 105 Å². The molecule has 2 N–H and O–H groups in total. The standard InChI is InChI=1S/C14H17N3O4/c1-3-5-6-17-11-10(12(18)16-14(17)21)9(13(19)20)7-8(4-2)15-11/h7H,3-6H2,1-2H3,(H,19,20)(H,16,18,21). The second kappa shape index (κ2) is 5.90. The zero-order valence-corrected chi connectivity index (χ0v) is 12.0. The SMILES string of the molecule is CCCCn1c(=O)[nH]c(=O)c2c(C(=O)O)cc(CC)nc21. The van der Waals surface area contributed by atoms with Gasteiger partial charge in [0.25, 0.3) is 5.56 Å². The van der Waals surface area contributed by atoms with Gasteiger partial charge in [0.15, 0.2) is 5.65 Å². The Labute approximate surface area is 120 Å². The number of nitrogens with one attached hydrogen (secondary N) is 1. The summed E-state index contributed by atoms with van der Waals surface area (Å²) in [4.78, 5) is 41.8. The number of unbranched alkanes of at least 4 members (excludes halogenated alkanes) is 1. The lowest BCUT2D eigenvalue weighted by molar-refractivity contribution is 0.0698. The van der Waals surface area contributed by atoms with E-state index in [1.165, 1.54) is 10.6 Å². The van der Waals surface area contributed by atoms with Crippen molar-refractivity contribution in [1.82, 2.24) is 14.5 Å². The van der Waals surface area contributed by atoms with Gasteiger partial charge >= 0.3 is 11.7 Å². The van der Waals surface area contributed by atoms with Gasteiger partial charge in [0.05, 0.1) is 10.9 Å². The number of aromatic carboxylic acids is 1. The van der Waals surface area contributed by atoms with Crippen LogP contribution in [0.3, 0.4) is 0 Å². The van der Waals surface area contributed by atoms with Crippen LogP contribution in [-0.4, -0.2) is 25.6 Å². The largest absolute Gasteiger partial charge is 0.478 e. The first-order valence-corrected chi connectivity index (χ1v) is 6.89. The van der Waals surface area contributed by atoms with Gasteiger partial charge in [-0.15, -0.1) is 0 Å². The highest BCUT2D eigenvalue weighted by Crippen LogP contribution is 2.15. The number of rotatable bonds is 5. The molecule has 0 saturated carbocycles. The Morgan fingerprint density at radius 3 is 2.67 bits per heavy atom. The summed E-state index contributed by atoms with van der Waals surface area (Å²) in [5, 5.41) is 9.25. The Bertz CT molecular complexity index is 804. The summed E-state index contributed by atoms with van der Waals surface area (Å²) >= 11 is 0. The maximum Gasteiger partial charge on any atom is 0.336 e. The fourth-order valence-electron chi connectivity index (χ4n) is 2.20. The van der Waals surface area contributed by atoms with Crippen LogP contribution >= 0.6 is 0 Å². The molecular formula is C14H17N3O4. The number of hydrogen-bond acceptors (Lipinski definition) is 4. The Balaban J connectivity index is 2.91. The molecule has 2 rings (SSSR count). The molecule has 0 bridgehead atoms. The van der Waals surface area contributed by atoms with Crippen LogP contribution in [0.25, 0.3) is 11.0 Å². The fraction of sp³-hybridized carbons (Fsp3) is 0.429. The lowest BCUT2D eigenvalue weighted by Crippen LogP contribution is -2.32.